The number of carbonyl (C=O) groups excluding carboxylic acids is 1. The average Bonchev–Trinajstić information content (AvgIpc) is 2.43. The van der Waals surface area contributed by atoms with Crippen molar-refractivity contribution in [2.24, 2.45) is 0 Å². The van der Waals surface area contributed by atoms with Crippen LogP contribution in [0.15, 0.2) is 24.3 Å². The van der Waals surface area contributed by atoms with Crippen LogP contribution < -0.4 is 5.32 Å². The molecule has 1 aromatic carbocycles. The van der Waals surface area contributed by atoms with Crippen molar-refractivity contribution in [2.45, 2.75) is 39.3 Å². The normalized spacial score (nSPS) is 19.8. The number of anilines is 1. The first kappa shape index (κ1) is 15.0. The van der Waals surface area contributed by atoms with Crippen molar-refractivity contribution in [3.63, 3.8) is 0 Å². The van der Waals surface area contributed by atoms with Gasteiger partial charge in [0.15, 0.2) is 0 Å². The van der Waals surface area contributed by atoms with Crippen LogP contribution in [0.25, 0.3) is 0 Å². The first-order chi connectivity index (χ1) is 9.69. The molecule has 0 aliphatic carbocycles. The standard InChI is InChI=1S/C16H24N2O2/c1-3-4-16-12-20-10-9-18(16)11-14-5-7-15(8-6-14)17-13(2)19/h5-8,16H,3-4,9-12H2,1-2H3,(H,17,19). The van der Waals surface area contributed by atoms with E-state index in [-0.39, 0.29) is 5.91 Å². The Morgan fingerprint density at radius 1 is 1.40 bits per heavy atom. The molecular weight excluding hydrogens is 252 g/mol. The van der Waals surface area contributed by atoms with Crippen molar-refractivity contribution in [2.75, 3.05) is 25.1 Å². The van der Waals surface area contributed by atoms with Crippen LogP contribution in [0.4, 0.5) is 5.69 Å². The molecular formula is C16H24N2O2. The predicted octanol–water partition coefficient (Wildman–Crippen LogP) is 2.65. The molecule has 1 unspecified atom stereocenters. The second-order valence-electron chi connectivity index (χ2n) is 5.37. The molecule has 0 saturated carbocycles. The van der Waals surface area contributed by atoms with Crippen molar-refractivity contribution in [1.29, 1.82) is 0 Å². The Bertz CT molecular complexity index is 429. The Labute approximate surface area is 121 Å². The number of benzene rings is 1. The number of hydrogen-bond donors (Lipinski definition) is 1. The second kappa shape index (κ2) is 7.41. The third kappa shape index (κ3) is 4.32. The van der Waals surface area contributed by atoms with Crippen LogP contribution in [-0.2, 0) is 16.1 Å². The largest absolute Gasteiger partial charge is 0.378 e. The van der Waals surface area contributed by atoms with Gasteiger partial charge in [-0.15, -0.1) is 0 Å². The maximum Gasteiger partial charge on any atom is 0.221 e. The van der Waals surface area contributed by atoms with E-state index in [2.05, 4.69) is 29.3 Å². The van der Waals surface area contributed by atoms with E-state index in [9.17, 15) is 4.79 Å². The highest BCUT2D eigenvalue weighted by Crippen LogP contribution is 2.17. The lowest BCUT2D eigenvalue weighted by Crippen LogP contribution is -2.44. The third-order valence-electron chi connectivity index (χ3n) is 3.63. The van der Waals surface area contributed by atoms with E-state index in [0.717, 1.165) is 32.0 Å². The van der Waals surface area contributed by atoms with Crippen molar-refractivity contribution in [3.05, 3.63) is 29.8 Å². The quantitative estimate of drug-likeness (QED) is 0.899. The molecule has 1 aromatic rings. The zero-order chi connectivity index (χ0) is 14.4. The molecule has 0 aromatic heterocycles. The Kier molecular flexibility index (Phi) is 5.56. The first-order valence-electron chi connectivity index (χ1n) is 7.37. The number of nitrogens with one attached hydrogen (secondary N) is 1. The maximum atomic E-state index is 11.0. The number of nitrogens with zero attached hydrogens (tertiary/aromatic N) is 1. The van der Waals surface area contributed by atoms with E-state index < -0.39 is 0 Å². The highest BCUT2D eigenvalue weighted by molar-refractivity contribution is 5.88. The Morgan fingerprint density at radius 3 is 2.80 bits per heavy atom. The number of rotatable bonds is 5. The van der Waals surface area contributed by atoms with Crippen LogP contribution >= 0.6 is 0 Å². The molecule has 1 saturated heterocycles. The van der Waals surface area contributed by atoms with Crippen molar-refractivity contribution in [3.8, 4) is 0 Å². The fraction of sp³-hybridized carbons (Fsp3) is 0.562. The van der Waals surface area contributed by atoms with Gasteiger partial charge in [0.25, 0.3) is 0 Å². The van der Waals surface area contributed by atoms with Gasteiger partial charge >= 0.3 is 0 Å². The van der Waals surface area contributed by atoms with E-state index in [1.165, 1.54) is 25.3 Å². The molecule has 1 atom stereocenters. The summed E-state index contributed by atoms with van der Waals surface area (Å²) in [5.41, 5.74) is 2.13. The highest BCUT2D eigenvalue weighted by atomic mass is 16.5. The molecule has 4 heteroatoms. The zero-order valence-electron chi connectivity index (χ0n) is 12.4. The average molecular weight is 276 g/mol. The van der Waals surface area contributed by atoms with Gasteiger partial charge in [0.05, 0.1) is 13.2 Å². The van der Waals surface area contributed by atoms with Crippen LogP contribution in [0.2, 0.25) is 0 Å². The molecule has 0 spiro atoms. The van der Waals surface area contributed by atoms with Crippen molar-refractivity contribution in [1.82, 2.24) is 4.90 Å². The maximum absolute atomic E-state index is 11.0. The minimum atomic E-state index is -0.0334. The summed E-state index contributed by atoms with van der Waals surface area (Å²) in [5.74, 6) is -0.0334. The number of amides is 1. The molecule has 110 valence electrons. The van der Waals surface area contributed by atoms with Crippen LogP contribution in [0.3, 0.4) is 0 Å². The molecule has 4 nitrogen and oxygen atoms in total. The monoisotopic (exact) mass is 276 g/mol. The van der Waals surface area contributed by atoms with Gasteiger partial charge in [0.2, 0.25) is 5.91 Å². The second-order valence-corrected chi connectivity index (χ2v) is 5.37. The SMILES string of the molecule is CCCC1COCCN1Cc1ccc(NC(C)=O)cc1. The van der Waals surface area contributed by atoms with Crippen LogP contribution in [-0.4, -0.2) is 36.6 Å². The molecule has 20 heavy (non-hydrogen) atoms. The van der Waals surface area contributed by atoms with Crippen LogP contribution in [0, 0.1) is 0 Å². The Balaban J connectivity index is 1.95. The van der Waals surface area contributed by atoms with Gasteiger partial charge < -0.3 is 10.1 Å². The molecule has 1 aliphatic heterocycles. The zero-order valence-corrected chi connectivity index (χ0v) is 12.4. The number of hydrogen-bond acceptors (Lipinski definition) is 3. The topological polar surface area (TPSA) is 41.6 Å². The molecule has 0 radical (unpaired) electrons. The molecule has 1 aliphatic rings. The number of ether oxygens (including phenoxy) is 1. The summed E-state index contributed by atoms with van der Waals surface area (Å²) >= 11 is 0. The lowest BCUT2D eigenvalue weighted by molar-refractivity contribution is -0.114. The summed E-state index contributed by atoms with van der Waals surface area (Å²) < 4.78 is 5.58. The van der Waals surface area contributed by atoms with Gasteiger partial charge in [-0.05, 0) is 24.1 Å². The lowest BCUT2D eigenvalue weighted by Gasteiger charge is -2.35. The van der Waals surface area contributed by atoms with Crippen LogP contribution in [0.1, 0.15) is 32.3 Å². The number of morpholine rings is 1. The summed E-state index contributed by atoms with van der Waals surface area (Å²) in [5, 5.41) is 2.79. The van der Waals surface area contributed by atoms with Gasteiger partial charge in [-0.25, -0.2) is 0 Å². The minimum Gasteiger partial charge on any atom is -0.378 e. The summed E-state index contributed by atoms with van der Waals surface area (Å²) in [6, 6.07) is 8.63. The van der Waals surface area contributed by atoms with Crippen molar-refractivity contribution < 1.29 is 9.53 Å². The molecule has 2 rings (SSSR count). The lowest BCUT2D eigenvalue weighted by atomic mass is 10.1. The summed E-state index contributed by atoms with van der Waals surface area (Å²) in [4.78, 5) is 13.5. The van der Waals surface area contributed by atoms with Gasteiger partial charge in [-0.1, -0.05) is 25.5 Å². The van der Waals surface area contributed by atoms with E-state index in [4.69, 9.17) is 4.74 Å². The van der Waals surface area contributed by atoms with Crippen molar-refractivity contribution >= 4 is 11.6 Å². The van der Waals surface area contributed by atoms with Gasteiger partial charge in [0.1, 0.15) is 0 Å². The van der Waals surface area contributed by atoms with E-state index in [1.54, 1.807) is 0 Å². The van der Waals surface area contributed by atoms with Gasteiger partial charge in [-0.3, -0.25) is 9.69 Å². The van der Waals surface area contributed by atoms with Gasteiger partial charge in [-0.2, -0.15) is 0 Å². The molecule has 1 heterocycles. The smallest absolute Gasteiger partial charge is 0.221 e. The minimum absolute atomic E-state index is 0.0334. The fourth-order valence-corrected chi connectivity index (χ4v) is 2.63. The Morgan fingerprint density at radius 2 is 2.15 bits per heavy atom. The van der Waals surface area contributed by atoms with E-state index in [0.29, 0.717) is 6.04 Å². The summed E-state index contributed by atoms with van der Waals surface area (Å²) in [7, 11) is 0. The summed E-state index contributed by atoms with van der Waals surface area (Å²) in [6.07, 6.45) is 2.37. The molecule has 1 fully saturated rings. The Hall–Kier alpha value is -1.39. The van der Waals surface area contributed by atoms with Crippen LogP contribution in [0.5, 0.6) is 0 Å². The third-order valence-corrected chi connectivity index (χ3v) is 3.63. The van der Waals surface area contributed by atoms with E-state index >= 15 is 0 Å². The fourth-order valence-electron chi connectivity index (χ4n) is 2.63. The molecule has 1 N–H and O–H groups in total. The summed E-state index contributed by atoms with van der Waals surface area (Å²) in [6.45, 7) is 7.36. The van der Waals surface area contributed by atoms with Gasteiger partial charge in [0, 0.05) is 31.7 Å². The molecule has 1 amide bonds. The molecule has 0 bridgehead atoms. The first-order valence-corrected chi connectivity index (χ1v) is 7.37. The predicted molar refractivity (Wildman–Crippen MR) is 80.7 cm³/mol. The highest BCUT2D eigenvalue weighted by Gasteiger charge is 2.21. The van der Waals surface area contributed by atoms with E-state index in [1.807, 2.05) is 12.1 Å². The number of carbonyl (C=O) groups is 1.